The van der Waals surface area contributed by atoms with Gasteiger partial charge in [0.25, 0.3) is 17.7 Å². The average Bonchev–Trinajstić information content (AvgIpc) is 2.93. The first-order chi connectivity index (χ1) is 12.6. The number of amides is 3. The quantitative estimate of drug-likeness (QED) is 0.776. The second kappa shape index (κ2) is 8.40. The van der Waals surface area contributed by atoms with E-state index >= 15 is 0 Å². The molecule has 0 bridgehead atoms. The van der Waals surface area contributed by atoms with E-state index in [1.165, 1.54) is 11.3 Å². The van der Waals surface area contributed by atoms with E-state index in [0.29, 0.717) is 16.7 Å². The normalized spacial score (nSPS) is 23.0. The molecular formula is C20H26ClN3O3. The third-order valence-electron chi connectivity index (χ3n) is 5.75. The Labute approximate surface area is 165 Å². The van der Waals surface area contributed by atoms with Crippen LogP contribution in [0.4, 0.5) is 0 Å². The van der Waals surface area contributed by atoms with Crippen molar-refractivity contribution in [1.82, 2.24) is 15.5 Å². The number of hydrogen-bond acceptors (Lipinski definition) is 4. The number of piperidine rings is 1. The van der Waals surface area contributed by atoms with Gasteiger partial charge in [-0.05, 0) is 50.4 Å². The summed E-state index contributed by atoms with van der Waals surface area (Å²) in [6.07, 6.45) is 7.04. The molecule has 2 heterocycles. The van der Waals surface area contributed by atoms with Crippen molar-refractivity contribution in [2.24, 2.45) is 0 Å². The lowest BCUT2D eigenvalue weighted by Gasteiger charge is -2.29. The highest BCUT2D eigenvalue weighted by Gasteiger charge is 2.40. The van der Waals surface area contributed by atoms with Crippen molar-refractivity contribution in [2.45, 2.75) is 57.0 Å². The Hall–Kier alpha value is -1.92. The highest BCUT2D eigenvalue weighted by atomic mass is 35.5. The number of carbonyl (C=O) groups excluding carboxylic acids is 3. The van der Waals surface area contributed by atoms with Crippen LogP contribution in [0.5, 0.6) is 0 Å². The Morgan fingerprint density at radius 2 is 1.74 bits per heavy atom. The van der Waals surface area contributed by atoms with Gasteiger partial charge in [-0.1, -0.05) is 19.3 Å². The summed E-state index contributed by atoms with van der Waals surface area (Å²) in [5, 5.41) is 6.28. The van der Waals surface area contributed by atoms with Gasteiger partial charge in [-0.25, -0.2) is 0 Å². The zero-order chi connectivity index (χ0) is 18.1. The van der Waals surface area contributed by atoms with E-state index in [1.807, 2.05) is 0 Å². The fourth-order valence-corrected chi connectivity index (χ4v) is 4.32. The van der Waals surface area contributed by atoms with Crippen molar-refractivity contribution in [3.8, 4) is 0 Å². The highest BCUT2D eigenvalue weighted by Crippen LogP contribution is 2.31. The van der Waals surface area contributed by atoms with Crippen LogP contribution in [0.1, 0.15) is 76.0 Å². The van der Waals surface area contributed by atoms with E-state index < -0.39 is 0 Å². The lowest BCUT2D eigenvalue weighted by molar-refractivity contribution is 0.0548. The monoisotopic (exact) mass is 391 g/mol. The van der Waals surface area contributed by atoms with Gasteiger partial charge in [-0.15, -0.1) is 12.4 Å². The Morgan fingerprint density at radius 1 is 1.00 bits per heavy atom. The van der Waals surface area contributed by atoms with Crippen molar-refractivity contribution in [1.29, 1.82) is 0 Å². The van der Waals surface area contributed by atoms with Gasteiger partial charge in [-0.3, -0.25) is 19.3 Å². The van der Waals surface area contributed by atoms with Crippen LogP contribution in [-0.4, -0.2) is 47.8 Å². The number of imide groups is 1. The van der Waals surface area contributed by atoms with E-state index in [2.05, 4.69) is 10.6 Å². The molecule has 1 aromatic rings. The van der Waals surface area contributed by atoms with Crippen LogP contribution in [0.3, 0.4) is 0 Å². The Kier molecular flexibility index (Phi) is 6.17. The van der Waals surface area contributed by atoms with E-state index in [-0.39, 0.29) is 42.2 Å². The van der Waals surface area contributed by atoms with E-state index in [9.17, 15) is 14.4 Å². The van der Waals surface area contributed by atoms with E-state index in [0.717, 1.165) is 51.6 Å². The van der Waals surface area contributed by atoms with Crippen LogP contribution in [0.15, 0.2) is 18.2 Å². The molecule has 2 fully saturated rings. The maximum absolute atomic E-state index is 12.8. The molecule has 6 nitrogen and oxygen atoms in total. The number of hydrogen-bond donors (Lipinski definition) is 2. The molecule has 7 heteroatoms. The van der Waals surface area contributed by atoms with Gasteiger partial charge in [0, 0.05) is 24.2 Å². The molecule has 0 aromatic heterocycles. The largest absolute Gasteiger partial charge is 0.348 e. The Morgan fingerprint density at radius 3 is 2.44 bits per heavy atom. The molecule has 1 aromatic carbocycles. The molecule has 2 aliphatic heterocycles. The van der Waals surface area contributed by atoms with Crippen LogP contribution < -0.4 is 10.6 Å². The fraction of sp³-hybridized carbons (Fsp3) is 0.550. The number of nitrogens with one attached hydrogen (secondary N) is 2. The summed E-state index contributed by atoms with van der Waals surface area (Å²) < 4.78 is 0. The van der Waals surface area contributed by atoms with Crippen molar-refractivity contribution in [2.75, 3.05) is 13.1 Å². The molecule has 1 atom stereocenters. The number of rotatable bonds is 3. The van der Waals surface area contributed by atoms with Crippen LogP contribution in [0.25, 0.3) is 0 Å². The number of halogens is 1. The van der Waals surface area contributed by atoms with Crippen molar-refractivity contribution < 1.29 is 14.4 Å². The Bertz CT molecular complexity index is 740. The van der Waals surface area contributed by atoms with E-state index in [1.54, 1.807) is 18.2 Å². The first kappa shape index (κ1) is 19.8. The van der Waals surface area contributed by atoms with Crippen LogP contribution in [-0.2, 0) is 0 Å². The van der Waals surface area contributed by atoms with Crippen LogP contribution in [0.2, 0.25) is 0 Å². The van der Waals surface area contributed by atoms with Gasteiger partial charge in [0.05, 0.1) is 11.1 Å². The average molecular weight is 392 g/mol. The summed E-state index contributed by atoms with van der Waals surface area (Å²) in [6, 6.07) is 4.98. The molecular weight excluding hydrogens is 366 g/mol. The second-order valence-electron chi connectivity index (χ2n) is 7.55. The van der Waals surface area contributed by atoms with Gasteiger partial charge in [0.2, 0.25) is 0 Å². The van der Waals surface area contributed by atoms with Crippen molar-refractivity contribution in [3.63, 3.8) is 0 Å². The summed E-state index contributed by atoms with van der Waals surface area (Å²) in [7, 11) is 0. The van der Waals surface area contributed by atoms with Crippen molar-refractivity contribution >= 4 is 30.1 Å². The molecule has 0 spiro atoms. The lowest BCUT2D eigenvalue weighted by atomic mass is 9.94. The molecule has 3 amide bonds. The zero-order valence-corrected chi connectivity index (χ0v) is 16.1. The summed E-state index contributed by atoms with van der Waals surface area (Å²) >= 11 is 0. The third-order valence-corrected chi connectivity index (χ3v) is 5.75. The lowest BCUT2D eigenvalue weighted by Crippen LogP contribution is -2.45. The minimum absolute atomic E-state index is 0. The predicted octanol–water partition coefficient (Wildman–Crippen LogP) is 2.52. The topological polar surface area (TPSA) is 78.5 Å². The number of benzene rings is 1. The summed E-state index contributed by atoms with van der Waals surface area (Å²) in [5.74, 6) is -0.635. The first-order valence-corrected chi connectivity index (χ1v) is 9.68. The second-order valence-corrected chi connectivity index (χ2v) is 7.55. The van der Waals surface area contributed by atoms with Gasteiger partial charge < -0.3 is 10.6 Å². The molecule has 1 aliphatic carbocycles. The number of carbonyl (C=O) groups is 3. The van der Waals surface area contributed by atoms with Crippen LogP contribution >= 0.6 is 12.4 Å². The molecule has 0 radical (unpaired) electrons. The van der Waals surface area contributed by atoms with Gasteiger partial charge >= 0.3 is 0 Å². The molecule has 1 saturated carbocycles. The standard InChI is InChI=1S/C20H25N3O3.ClH/c24-18(22-14-5-4-10-21-12-14)13-8-9-16-17(11-13)20(26)23(19(16)25)15-6-2-1-3-7-15;/h8-9,11,14-15,21H,1-7,10,12H2,(H,22,24);1H. The molecule has 1 unspecified atom stereocenters. The predicted molar refractivity (Wildman–Crippen MR) is 104 cm³/mol. The SMILES string of the molecule is Cl.O=C(NC1CCCNC1)c1ccc2c(c1)C(=O)N(C1CCCCC1)C2=O. The van der Waals surface area contributed by atoms with Gasteiger partial charge in [0.15, 0.2) is 0 Å². The Balaban J connectivity index is 0.00000210. The van der Waals surface area contributed by atoms with Crippen LogP contribution in [0, 0.1) is 0 Å². The third kappa shape index (κ3) is 3.87. The summed E-state index contributed by atoms with van der Waals surface area (Å²) in [6.45, 7) is 1.75. The zero-order valence-electron chi connectivity index (χ0n) is 15.3. The first-order valence-electron chi connectivity index (χ1n) is 9.68. The fourth-order valence-electron chi connectivity index (χ4n) is 4.32. The summed E-state index contributed by atoms with van der Waals surface area (Å²) in [4.78, 5) is 39.5. The van der Waals surface area contributed by atoms with E-state index in [4.69, 9.17) is 0 Å². The van der Waals surface area contributed by atoms with Gasteiger partial charge in [0.1, 0.15) is 0 Å². The summed E-state index contributed by atoms with van der Waals surface area (Å²) in [5.41, 5.74) is 1.24. The molecule has 2 N–H and O–H groups in total. The molecule has 146 valence electrons. The number of nitrogens with zero attached hydrogens (tertiary/aromatic N) is 1. The maximum atomic E-state index is 12.8. The maximum Gasteiger partial charge on any atom is 0.261 e. The molecule has 3 aliphatic rings. The van der Waals surface area contributed by atoms with Gasteiger partial charge in [-0.2, -0.15) is 0 Å². The minimum Gasteiger partial charge on any atom is -0.348 e. The number of fused-ring (bicyclic) bond motifs is 1. The molecule has 27 heavy (non-hydrogen) atoms. The smallest absolute Gasteiger partial charge is 0.261 e. The van der Waals surface area contributed by atoms with Crippen molar-refractivity contribution in [3.05, 3.63) is 34.9 Å². The highest BCUT2D eigenvalue weighted by molar-refractivity contribution is 6.22. The molecule has 4 rings (SSSR count). The minimum atomic E-state index is -0.245. The molecule has 1 saturated heterocycles.